The summed E-state index contributed by atoms with van der Waals surface area (Å²) in [6.07, 6.45) is -0.0500. The zero-order valence-corrected chi connectivity index (χ0v) is 5.14. The molecule has 4 heteroatoms. The number of hydrogen-bond acceptors (Lipinski definition) is 2. The zero-order chi connectivity index (χ0) is 7.56. The van der Waals surface area contributed by atoms with E-state index in [4.69, 9.17) is 5.11 Å². The van der Waals surface area contributed by atoms with Gasteiger partial charge in [0.05, 0.1) is 12.2 Å². The number of aliphatic hydroxyl groups is 1. The van der Waals surface area contributed by atoms with Crippen LogP contribution in [0.5, 0.6) is 0 Å². The van der Waals surface area contributed by atoms with Crippen molar-refractivity contribution in [2.45, 2.75) is 6.43 Å². The zero-order valence-electron chi connectivity index (χ0n) is 5.14. The van der Waals surface area contributed by atoms with Crippen molar-refractivity contribution in [3.63, 3.8) is 0 Å². The molecule has 0 aromatic rings. The Kier molecular flexibility index (Phi) is 1.89. The van der Waals surface area contributed by atoms with Crippen LogP contribution in [0.2, 0.25) is 0 Å². The molecule has 2 nitrogen and oxygen atoms in total. The molecular formula is C6H7F2NO. The smallest absolute Gasteiger partial charge is 0.277 e. The molecule has 0 aromatic heterocycles. The van der Waals surface area contributed by atoms with E-state index in [2.05, 4.69) is 5.32 Å². The van der Waals surface area contributed by atoms with Gasteiger partial charge in [0.2, 0.25) is 0 Å². The summed E-state index contributed by atoms with van der Waals surface area (Å²) in [6.45, 7) is 0.0934. The molecule has 0 saturated heterocycles. The van der Waals surface area contributed by atoms with Gasteiger partial charge in [-0.05, 0) is 12.2 Å². The molecule has 0 aliphatic carbocycles. The molecule has 1 rings (SSSR count). The molecule has 1 aliphatic rings. The largest absolute Gasteiger partial charge is 0.510 e. The molecule has 56 valence electrons. The average Bonchev–Trinajstić information content (AvgIpc) is 1.88. The van der Waals surface area contributed by atoms with Crippen LogP contribution in [-0.4, -0.2) is 18.1 Å². The second-order valence-corrected chi connectivity index (χ2v) is 1.93. The third-order valence-corrected chi connectivity index (χ3v) is 1.16. The molecule has 0 amide bonds. The van der Waals surface area contributed by atoms with Gasteiger partial charge < -0.3 is 10.4 Å². The van der Waals surface area contributed by atoms with Gasteiger partial charge in [0.25, 0.3) is 6.43 Å². The first kappa shape index (κ1) is 7.05. The second-order valence-electron chi connectivity index (χ2n) is 1.93. The Hall–Kier alpha value is -1.06. The van der Waals surface area contributed by atoms with Crippen LogP contribution in [0, 0.1) is 0 Å². The minimum atomic E-state index is -2.48. The van der Waals surface area contributed by atoms with Crippen LogP contribution < -0.4 is 5.32 Å². The van der Waals surface area contributed by atoms with Gasteiger partial charge in [0.1, 0.15) is 5.76 Å². The van der Waals surface area contributed by atoms with Gasteiger partial charge in [-0.3, -0.25) is 0 Å². The van der Waals surface area contributed by atoms with E-state index in [1.165, 1.54) is 12.2 Å². The summed E-state index contributed by atoms with van der Waals surface area (Å²) < 4.78 is 23.6. The van der Waals surface area contributed by atoms with E-state index >= 15 is 0 Å². The first-order valence-electron chi connectivity index (χ1n) is 2.82. The topological polar surface area (TPSA) is 32.3 Å². The molecule has 2 N–H and O–H groups in total. The fourth-order valence-electron chi connectivity index (χ4n) is 0.646. The molecular weight excluding hydrogens is 140 g/mol. The number of dihydropyridines is 1. The minimum Gasteiger partial charge on any atom is -0.510 e. The summed E-state index contributed by atoms with van der Waals surface area (Å²) >= 11 is 0. The summed E-state index contributed by atoms with van der Waals surface area (Å²) in [6, 6.07) is 0. The van der Waals surface area contributed by atoms with Crippen molar-refractivity contribution in [3.05, 3.63) is 23.6 Å². The van der Waals surface area contributed by atoms with E-state index in [0.717, 1.165) is 0 Å². The number of aliphatic hydroxyl groups excluding tert-OH is 1. The summed E-state index contributed by atoms with van der Waals surface area (Å²) in [5.74, 6) is 0.0735. The fourth-order valence-corrected chi connectivity index (χ4v) is 0.646. The number of alkyl halides is 2. The first-order valence-corrected chi connectivity index (χ1v) is 2.82. The van der Waals surface area contributed by atoms with Gasteiger partial charge in [0.15, 0.2) is 0 Å². The lowest BCUT2D eigenvalue weighted by atomic mass is 10.3. The number of halogens is 2. The Bertz CT molecular complexity index is 186. The van der Waals surface area contributed by atoms with Crippen molar-refractivity contribution in [1.82, 2.24) is 5.32 Å². The van der Waals surface area contributed by atoms with Gasteiger partial charge in [-0.15, -0.1) is 0 Å². The lowest BCUT2D eigenvalue weighted by Crippen LogP contribution is -2.23. The van der Waals surface area contributed by atoms with E-state index in [9.17, 15) is 8.78 Å². The number of hydrogen-bond donors (Lipinski definition) is 2. The average molecular weight is 147 g/mol. The maximum atomic E-state index is 11.8. The number of nitrogens with one attached hydrogen (secondary N) is 1. The van der Waals surface area contributed by atoms with Gasteiger partial charge in [-0.2, -0.15) is 0 Å². The van der Waals surface area contributed by atoms with E-state index in [1.54, 1.807) is 0 Å². The summed E-state index contributed by atoms with van der Waals surface area (Å²) in [5, 5.41) is 11.1. The molecule has 1 heterocycles. The SMILES string of the molecule is OC1=CC=C(C(F)F)NC1. The Morgan fingerprint density at radius 2 is 2.20 bits per heavy atom. The van der Waals surface area contributed by atoms with Crippen molar-refractivity contribution < 1.29 is 13.9 Å². The number of rotatable bonds is 1. The molecule has 0 spiro atoms. The second kappa shape index (κ2) is 2.68. The summed E-state index contributed by atoms with van der Waals surface area (Å²) in [4.78, 5) is 0. The van der Waals surface area contributed by atoms with Crippen molar-refractivity contribution in [1.29, 1.82) is 0 Å². The highest BCUT2D eigenvalue weighted by atomic mass is 19.3. The molecule has 0 fully saturated rings. The predicted molar refractivity (Wildman–Crippen MR) is 32.8 cm³/mol. The molecule has 0 bridgehead atoms. The third kappa shape index (κ3) is 1.46. The summed E-state index contributed by atoms with van der Waals surface area (Å²) in [7, 11) is 0. The van der Waals surface area contributed by atoms with Crippen molar-refractivity contribution in [3.8, 4) is 0 Å². The van der Waals surface area contributed by atoms with E-state index in [1.807, 2.05) is 0 Å². The van der Waals surface area contributed by atoms with Crippen LogP contribution in [0.3, 0.4) is 0 Å². The molecule has 0 radical (unpaired) electrons. The van der Waals surface area contributed by atoms with Crippen LogP contribution in [0.15, 0.2) is 23.6 Å². The monoisotopic (exact) mass is 147 g/mol. The van der Waals surface area contributed by atoms with Gasteiger partial charge in [-0.25, -0.2) is 8.78 Å². The maximum absolute atomic E-state index is 11.8. The lowest BCUT2D eigenvalue weighted by molar-refractivity contribution is 0.179. The molecule has 10 heavy (non-hydrogen) atoms. The normalized spacial score (nSPS) is 17.9. The highest BCUT2D eigenvalue weighted by Crippen LogP contribution is 2.09. The molecule has 0 atom stereocenters. The van der Waals surface area contributed by atoms with E-state index < -0.39 is 6.43 Å². The first-order chi connectivity index (χ1) is 4.70. The molecule has 1 aliphatic heterocycles. The lowest BCUT2D eigenvalue weighted by Gasteiger charge is -2.12. The van der Waals surface area contributed by atoms with Crippen LogP contribution in [-0.2, 0) is 0 Å². The van der Waals surface area contributed by atoms with Gasteiger partial charge in [-0.1, -0.05) is 0 Å². The summed E-state index contributed by atoms with van der Waals surface area (Å²) in [5.41, 5.74) is -0.141. The Morgan fingerprint density at radius 1 is 1.50 bits per heavy atom. The molecule has 0 saturated carbocycles. The predicted octanol–water partition coefficient (Wildman–Crippen LogP) is 1.18. The molecule has 0 aromatic carbocycles. The molecule has 0 unspecified atom stereocenters. The van der Waals surface area contributed by atoms with E-state index in [-0.39, 0.29) is 18.0 Å². The van der Waals surface area contributed by atoms with Crippen molar-refractivity contribution in [2.75, 3.05) is 6.54 Å². The van der Waals surface area contributed by atoms with Gasteiger partial charge >= 0.3 is 0 Å². The van der Waals surface area contributed by atoms with Crippen LogP contribution >= 0.6 is 0 Å². The van der Waals surface area contributed by atoms with Gasteiger partial charge in [0, 0.05) is 0 Å². The maximum Gasteiger partial charge on any atom is 0.277 e. The van der Waals surface area contributed by atoms with Crippen LogP contribution in [0.1, 0.15) is 0 Å². The third-order valence-electron chi connectivity index (χ3n) is 1.16. The Balaban J connectivity index is 2.64. The highest BCUT2D eigenvalue weighted by Gasteiger charge is 2.12. The Morgan fingerprint density at radius 3 is 2.60 bits per heavy atom. The Labute approximate surface area is 56.9 Å². The van der Waals surface area contributed by atoms with Crippen molar-refractivity contribution >= 4 is 0 Å². The highest BCUT2D eigenvalue weighted by molar-refractivity contribution is 5.20. The standard InChI is InChI=1S/C6H7F2NO/c7-6(8)5-2-1-4(10)3-9-5/h1-2,6,9-10H,3H2. The van der Waals surface area contributed by atoms with Crippen molar-refractivity contribution in [2.24, 2.45) is 0 Å². The van der Waals surface area contributed by atoms with Crippen LogP contribution in [0.25, 0.3) is 0 Å². The van der Waals surface area contributed by atoms with E-state index in [0.29, 0.717) is 0 Å². The quantitative estimate of drug-likeness (QED) is 0.583. The minimum absolute atomic E-state index is 0.0735. The number of allylic oxidation sites excluding steroid dienone is 3. The fraction of sp³-hybridized carbons (Fsp3) is 0.333. The van der Waals surface area contributed by atoms with Crippen LogP contribution in [0.4, 0.5) is 8.78 Å².